The van der Waals surface area contributed by atoms with Gasteiger partial charge in [-0.25, -0.2) is 0 Å². The summed E-state index contributed by atoms with van der Waals surface area (Å²) in [5.41, 5.74) is 0. The summed E-state index contributed by atoms with van der Waals surface area (Å²) in [6.45, 7) is 5.86. The van der Waals surface area contributed by atoms with Crippen molar-refractivity contribution in [1.29, 1.82) is 0 Å². The van der Waals surface area contributed by atoms with Gasteiger partial charge in [-0.05, 0) is 31.1 Å². The van der Waals surface area contributed by atoms with Crippen LogP contribution in [0.5, 0.6) is 11.5 Å². The molecule has 0 atom stereocenters. The van der Waals surface area contributed by atoms with Crippen LogP contribution in [-0.2, 0) is 9.59 Å². The zero-order valence-corrected chi connectivity index (χ0v) is 11.6. The zero-order chi connectivity index (χ0) is 14.8. The van der Waals surface area contributed by atoms with Gasteiger partial charge in [-0.2, -0.15) is 0 Å². The van der Waals surface area contributed by atoms with Gasteiger partial charge in [-0.1, -0.05) is 12.6 Å². The topological polar surface area (TPSA) is 64.6 Å². The summed E-state index contributed by atoms with van der Waals surface area (Å²) in [4.78, 5) is 21.7. The van der Waals surface area contributed by atoms with Gasteiger partial charge in [0.1, 0.15) is 11.5 Å². The Balaban J connectivity index is 2.23. The van der Waals surface area contributed by atoms with E-state index in [2.05, 4.69) is 11.9 Å². The third-order valence-corrected chi connectivity index (χ3v) is 2.39. The Morgan fingerprint density at radius 3 is 2.75 bits per heavy atom. The molecule has 5 heteroatoms. The molecule has 1 aromatic carbocycles. The molecular formula is C15H19NO4. The maximum Gasteiger partial charge on any atom is 0.308 e. The summed E-state index contributed by atoms with van der Waals surface area (Å²) in [6.07, 6.45) is 2.88. The Kier molecular flexibility index (Phi) is 6.89. The standard InChI is InChI=1S/C15H19NO4/c1-3-15(18)16-9-4-5-10-19-13-7-6-8-14(11-13)20-12(2)17/h3,6-8,11H,1,4-5,9-10H2,2H3,(H,16,18). The minimum absolute atomic E-state index is 0.167. The molecule has 0 aliphatic rings. The van der Waals surface area contributed by atoms with Gasteiger partial charge in [0, 0.05) is 19.5 Å². The average Bonchev–Trinajstić information content (AvgIpc) is 2.42. The average molecular weight is 277 g/mol. The fraction of sp³-hybridized carbons (Fsp3) is 0.333. The highest BCUT2D eigenvalue weighted by Gasteiger charge is 2.00. The molecule has 1 aromatic rings. The molecule has 0 aliphatic heterocycles. The molecule has 0 fully saturated rings. The van der Waals surface area contributed by atoms with E-state index in [1.165, 1.54) is 13.0 Å². The summed E-state index contributed by atoms with van der Waals surface area (Å²) >= 11 is 0. The SMILES string of the molecule is C=CC(=O)NCCCCOc1cccc(OC(C)=O)c1. The molecule has 0 aromatic heterocycles. The zero-order valence-electron chi connectivity index (χ0n) is 11.6. The lowest BCUT2D eigenvalue weighted by Crippen LogP contribution is -2.22. The third-order valence-electron chi connectivity index (χ3n) is 2.39. The number of benzene rings is 1. The van der Waals surface area contributed by atoms with E-state index < -0.39 is 0 Å². The number of rotatable bonds is 8. The van der Waals surface area contributed by atoms with Crippen LogP contribution >= 0.6 is 0 Å². The largest absolute Gasteiger partial charge is 0.493 e. The van der Waals surface area contributed by atoms with Crippen molar-refractivity contribution in [2.24, 2.45) is 0 Å². The molecule has 0 unspecified atom stereocenters. The fourth-order valence-corrected chi connectivity index (χ4v) is 1.49. The Bertz CT molecular complexity index is 471. The summed E-state index contributed by atoms with van der Waals surface area (Å²) in [5.74, 6) is 0.590. The van der Waals surface area contributed by atoms with Crippen molar-refractivity contribution in [2.45, 2.75) is 19.8 Å². The van der Waals surface area contributed by atoms with E-state index >= 15 is 0 Å². The molecule has 5 nitrogen and oxygen atoms in total. The van der Waals surface area contributed by atoms with E-state index in [9.17, 15) is 9.59 Å². The fourth-order valence-electron chi connectivity index (χ4n) is 1.49. The number of amides is 1. The van der Waals surface area contributed by atoms with E-state index in [0.717, 1.165) is 12.8 Å². The molecule has 1 amide bonds. The number of unbranched alkanes of at least 4 members (excludes halogenated alkanes) is 1. The highest BCUT2D eigenvalue weighted by atomic mass is 16.5. The van der Waals surface area contributed by atoms with Crippen molar-refractivity contribution in [3.8, 4) is 11.5 Å². The van der Waals surface area contributed by atoms with Crippen LogP contribution in [0.25, 0.3) is 0 Å². The van der Waals surface area contributed by atoms with E-state index in [4.69, 9.17) is 9.47 Å². The second-order valence-electron chi connectivity index (χ2n) is 4.12. The maximum absolute atomic E-state index is 10.9. The van der Waals surface area contributed by atoms with Crippen LogP contribution in [-0.4, -0.2) is 25.0 Å². The Hall–Kier alpha value is -2.30. The molecule has 1 N–H and O–H groups in total. The number of nitrogens with one attached hydrogen (secondary N) is 1. The molecule has 0 saturated heterocycles. The van der Waals surface area contributed by atoms with Gasteiger partial charge in [-0.15, -0.1) is 0 Å². The van der Waals surface area contributed by atoms with E-state index in [1.807, 2.05) is 0 Å². The summed E-state index contributed by atoms with van der Waals surface area (Å²) in [7, 11) is 0. The lowest BCUT2D eigenvalue weighted by Gasteiger charge is -2.08. The van der Waals surface area contributed by atoms with Crippen molar-refractivity contribution in [3.63, 3.8) is 0 Å². The smallest absolute Gasteiger partial charge is 0.308 e. The molecule has 0 spiro atoms. The van der Waals surface area contributed by atoms with Gasteiger partial charge in [0.25, 0.3) is 0 Å². The molecule has 0 aliphatic carbocycles. The van der Waals surface area contributed by atoms with Crippen LogP contribution in [0.1, 0.15) is 19.8 Å². The molecular weight excluding hydrogens is 258 g/mol. The number of esters is 1. The molecule has 0 heterocycles. The minimum Gasteiger partial charge on any atom is -0.493 e. The maximum atomic E-state index is 10.9. The Morgan fingerprint density at radius 2 is 2.05 bits per heavy atom. The highest BCUT2D eigenvalue weighted by Crippen LogP contribution is 2.19. The monoisotopic (exact) mass is 277 g/mol. The van der Waals surface area contributed by atoms with Gasteiger partial charge in [-0.3, -0.25) is 9.59 Å². The van der Waals surface area contributed by atoms with Crippen molar-refractivity contribution >= 4 is 11.9 Å². The Labute approximate surface area is 118 Å². The van der Waals surface area contributed by atoms with Gasteiger partial charge in [0.05, 0.1) is 6.61 Å². The van der Waals surface area contributed by atoms with Crippen LogP contribution in [0.3, 0.4) is 0 Å². The predicted octanol–water partition coefficient (Wildman–Crippen LogP) is 2.07. The van der Waals surface area contributed by atoms with Crippen LogP contribution in [0.15, 0.2) is 36.9 Å². The normalized spacial score (nSPS) is 9.65. The van der Waals surface area contributed by atoms with Gasteiger partial charge in [0.2, 0.25) is 5.91 Å². The molecule has 0 saturated carbocycles. The molecule has 108 valence electrons. The summed E-state index contributed by atoms with van der Waals surface area (Å²) in [6, 6.07) is 6.92. The van der Waals surface area contributed by atoms with Gasteiger partial charge >= 0.3 is 5.97 Å². The molecule has 20 heavy (non-hydrogen) atoms. The number of hydrogen-bond acceptors (Lipinski definition) is 4. The lowest BCUT2D eigenvalue weighted by molar-refractivity contribution is -0.131. The van der Waals surface area contributed by atoms with Crippen molar-refractivity contribution < 1.29 is 19.1 Å². The van der Waals surface area contributed by atoms with Crippen LogP contribution in [0.2, 0.25) is 0 Å². The number of carbonyl (C=O) groups excluding carboxylic acids is 2. The molecule has 0 bridgehead atoms. The van der Waals surface area contributed by atoms with Gasteiger partial charge < -0.3 is 14.8 Å². The third kappa shape index (κ3) is 6.58. The number of hydrogen-bond donors (Lipinski definition) is 1. The first-order valence-electron chi connectivity index (χ1n) is 6.43. The van der Waals surface area contributed by atoms with Crippen LogP contribution in [0.4, 0.5) is 0 Å². The van der Waals surface area contributed by atoms with Crippen LogP contribution < -0.4 is 14.8 Å². The van der Waals surface area contributed by atoms with E-state index in [0.29, 0.717) is 24.7 Å². The second-order valence-corrected chi connectivity index (χ2v) is 4.12. The minimum atomic E-state index is -0.361. The first-order chi connectivity index (χ1) is 9.61. The summed E-state index contributed by atoms with van der Waals surface area (Å²) in [5, 5.41) is 2.69. The first kappa shape index (κ1) is 15.8. The van der Waals surface area contributed by atoms with Gasteiger partial charge in [0.15, 0.2) is 0 Å². The number of carbonyl (C=O) groups is 2. The lowest BCUT2D eigenvalue weighted by atomic mass is 10.3. The quantitative estimate of drug-likeness (QED) is 0.342. The van der Waals surface area contributed by atoms with E-state index in [-0.39, 0.29) is 11.9 Å². The first-order valence-corrected chi connectivity index (χ1v) is 6.43. The molecule has 1 rings (SSSR count). The van der Waals surface area contributed by atoms with E-state index in [1.54, 1.807) is 24.3 Å². The Morgan fingerprint density at radius 1 is 1.30 bits per heavy atom. The molecule has 0 radical (unpaired) electrons. The van der Waals surface area contributed by atoms with Crippen molar-refractivity contribution in [3.05, 3.63) is 36.9 Å². The number of ether oxygens (including phenoxy) is 2. The second kappa shape index (κ2) is 8.74. The van der Waals surface area contributed by atoms with Crippen molar-refractivity contribution in [2.75, 3.05) is 13.2 Å². The van der Waals surface area contributed by atoms with Crippen molar-refractivity contribution in [1.82, 2.24) is 5.32 Å². The van der Waals surface area contributed by atoms with Crippen LogP contribution in [0, 0.1) is 0 Å². The predicted molar refractivity (Wildman–Crippen MR) is 75.7 cm³/mol. The highest BCUT2D eigenvalue weighted by molar-refractivity contribution is 5.86. The summed E-state index contributed by atoms with van der Waals surface area (Å²) < 4.78 is 10.5.